The highest BCUT2D eigenvalue weighted by molar-refractivity contribution is 5.13. The van der Waals surface area contributed by atoms with E-state index >= 15 is 0 Å². The van der Waals surface area contributed by atoms with Gasteiger partial charge in [0, 0.05) is 37.1 Å². The van der Waals surface area contributed by atoms with E-state index < -0.39 is 0 Å². The zero-order chi connectivity index (χ0) is 15.2. The number of hydrogen-bond donors (Lipinski definition) is 0. The molecule has 0 saturated carbocycles. The third-order valence-electron chi connectivity index (χ3n) is 4.16. The van der Waals surface area contributed by atoms with Gasteiger partial charge in [0.15, 0.2) is 0 Å². The van der Waals surface area contributed by atoms with Gasteiger partial charge < -0.3 is 9.15 Å². The molecule has 0 bridgehead atoms. The fourth-order valence-electron chi connectivity index (χ4n) is 3.11. The zero-order valence-corrected chi connectivity index (χ0v) is 12.7. The van der Waals surface area contributed by atoms with E-state index in [4.69, 9.17) is 9.15 Å². The van der Waals surface area contributed by atoms with E-state index in [2.05, 4.69) is 22.5 Å². The van der Waals surface area contributed by atoms with Gasteiger partial charge in [-0.05, 0) is 30.5 Å². The van der Waals surface area contributed by atoms with Crippen LogP contribution in [0.3, 0.4) is 0 Å². The molecule has 1 aliphatic heterocycles. The van der Waals surface area contributed by atoms with Gasteiger partial charge in [0.05, 0.1) is 25.2 Å². The van der Waals surface area contributed by atoms with E-state index in [1.54, 1.807) is 6.26 Å². The summed E-state index contributed by atoms with van der Waals surface area (Å²) in [6, 6.07) is 6.51. The first-order valence-electron chi connectivity index (χ1n) is 7.73. The number of furan rings is 1. The number of ether oxygens (including phenoxy) is 1. The molecule has 0 amide bonds. The Morgan fingerprint density at radius 3 is 3.09 bits per heavy atom. The SMILES string of the molecule is C=CCO[C@H]1CCN(Cc2ccoc2)[C@H]1Cc1cccnc1. The van der Waals surface area contributed by atoms with Crippen LogP contribution in [0.1, 0.15) is 17.5 Å². The Morgan fingerprint density at radius 2 is 2.36 bits per heavy atom. The molecule has 2 aromatic rings. The van der Waals surface area contributed by atoms with Crippen molar-refractivity contribution in [1.82, 2.24) is 9.88 Å². The summed E-state index contributed by atoms with van der Waals surface area (Å²) in [6.45, 7) is 6.29. The molecule has 1 aliphatic rings. The zero-order valence-electron chi connectivity index (χ0n) is 12.7. The molecular weight excluding hydrogens is 276 g/mol. The summed E-state index contributed by atoms with van der Waals surface area (Å²) < 4.78 is 11.2. The number of likely N-dealkylation sites (tertiary alicyclic amines) is 1. The summed E-state index contributed by atoms with van der Waals surface area (Å²) in [4.78, 5) is 6.70. The molecule has 0 aliphatic carbocycles. The molecule has 3 heterocycles. The smallest absolute Gasteiger partial charge is 0.0947 e. The Morgan fingerprint density at radius 1 is 1.41 bits per heavy atom. The molecule has 116 valence electrons. The molecule has 4 heteroatoms. The highest BCUT2D eigenvalue weighted by atomic mass is 16.5. The van der Waals surface area contributed by atoms with E-state index in [-0.39, 0.29) is 6.10 Å². The van der Waals surface area contributed by atoms with E-state index in [1.807, 2.05) is 36.9 Å². The van der Waals surface area contributed by atoms with Crippen LogP contribution in [0, 0.1) is 0 Å². The highest BCUT2D eigenvalue weighted by Gasteiger charge is 2.34. The molecule has 2 aromatic heterocycles. The van der Waals surface area contributed by atoms with Crippen molar-refractivity contribution in [1.29, 1.82) is 0 Å². The van der Waals surface area contributed by atoms with Crippen LogP contribution < -0.4 is 0 Å². The fourth-order valence-corrected chi connectivity index (χ4v) is 3.11. The number of rotatable bonds is 7. The van der Waals surface area contributed by atoms with Gasteiger partial charge in [0.25, 0.3) is 0 Å². The van der Waals surface area contributed by atoms with Crippen molar-refractivity contribution in [2.24, 2.45) is 0 Å². The molecule has 0 aromatic carbocycles. The summed E-state index contributed by atoms with van der Waals surface area (Å²) in [5.74, 6) is 0. The summed E-state index contributed by atoms with van der Waals surface area (Å²) in [7, 11) is 0. The van der Waals surface area contributed by atoms with Crippen molar-refractivity contribution in [2.45, 2.75) is 31.5 Å². The standard InChI is InChI=1S/C18H22N2O2/c1-2-9-22-18-5-8-20(13-16-6-10-21-14-16)17(18)11-15-4-3-7-19-12-15/h2-4,6-7,10,12,14,17-18H,1,5,8-9,11,13H2/t17-,18-/m0/s1. The number of aromatic nitrogens is 1. The molecule has 2 atom stereocenters. The first-order chi connectivity index (χ1) is 10.9. The lowest BCUT2D eigenvalue weighted by atomic mass is 10.0. The Hall–Kier alpha value is -1.91. The monoisotopic (exact) mass is 298 g/mol. The van der Waals surface area contributed by atoms with Gasteiger partial charge in [0.2, 0.25) is 0 Å². The van der Waals surface area contributed by atoms with Crippen LogP contribution in [0.5, 0.6) is 0 Å². The summed E-state index contributed by atoms with van der Waals surface area (Å²) in [6.07, 6.45) is 11.4. The van der Waals surface area contributed by atoms with E-state index in [0.29, 0.717) is 12.6 Å². The van der Waals surface area contributed by atoms with Crippen LogP contribution >= 0.6 is 0 Å². The van der Waals surface area contributed by atoms with Gasteiger partial charge >= 0.3 is 0 Å². The van der Waals surface area contributed by atoms with E-state index in [0.717, 1.165) is 25.9 Å². The third-order valence-corrected chi connectivity index (χ3v) is 4.16. The summed E-state index contributed by atoms with van der Waals surface area (Å²) in [5.41, 5.74) is 2.46. The van der Waals surface area contributed by atoms with Crippen molar-refractivity contribution in [3.63, 3.8) is 0 Å². The fraction of sp³-hybridized carbons (Fsp3) is 0.389. The topological polar surface area (TPSA) is 38.5 Å². The predicted molar refractivity (Wildman–Crippen MR) is 85.4 cm³/mol. The van der Waals surface area contributed by atoms with Gasteiger partial charge in [-0.1, -0.05) is 12.1 Å². The molecule has 0 radical (unpaired) electrons. The first-order valence-corrected chi connectivity index (χ1v) is 7.73. The lowest BCUT2D eigenvalue weighted by molar-refractivity contribution is 0.0421. The van der Waals surface area contributed by atoms with Gasteiger partial charge in [-0.25, -0.2) is 0 Å². The second kappa shape index (κ2) is 7.38. The normalized spacial score (nSPS) is 22.0. The van der Waals surface area contributed by atoms with Crippen LogP contribution in [0.15, 0.2) is 60.2 Å². The van der Waals surface area contributed by atoms with Gasteiger partial charge in [0.1, 0.15) is 0 Å². The maximum atomic E-state index is 5.98. The molecular formula is C18H22N2O2. The lowest BCUT2D eigenvalue weighted by Gasteiger charge is -2.27. The second-order valence-corrected chi connectivity index (χ2v) is 5.68. The Balaban J connectivity index is 1.71. The van der Waals surface area contributed by atoms with Gasteiger partial charge in [-0.2, -0.15) is 0 Å². The maximum Gasteiger partial charge on any atom is 0.0947 e. The first kappa shape index (κ1) is 15.0. The van der Waals surface area contributed by atoms with Gasteiger partial charge in [-0.3, -0.25) is 9.88 Å². The minimum absolute atomic E-state index is 0.241. The largest absolute Gasteiger partial charge is 0.472 e. The third kappa shape index (κ3) is 3.64. The number of hydrogen-bond acceptors (Lipinski definition) is 4. The lowest BCUT2D eigenvalue weighted by Crippen LogP contribution is -2.37. The molecule has 3 rings (SSSR count). The minimum atomic E-state index is 0.241. The van der Waals surface area contributed by atoms with Gasteiger partial charge in [-0.15, -0.1) is 6.58 Å². The molecule has 0 N–H and O–H groups in total. The van der Waals surface area contributed by atoms with Crippen LogP contribution in [0.25, 0.3) is 0 Å². The van der Waals surface area contributed by atoms with Crippen molar-refractivity contribution >= 4 is 0 Å². The summed E-state index contributed by atoms with van der Waals surface area (Å²) in [5, 5.41) is 0. The molecule has 0 unspecified atom stereocenters. The van der Waals surface area contributed by atoms with Crippen LogP contribution in [0.4, 0.5) is 0 Å². The molecule has 1 fully saturated rings. The van der Waals surface area contributed by atoms with E-state index in [9.17, 15) is 0 Å². The summed E-state index contributed by atoms with van der Waals surface area (Å²) >= 11 is 0. The molecule has 22 heavy (non-hydrogen) atoms. The molecule has 4 nitrogen and oxygen atoms in total. The van der Waals surface area contributed by atoms with Crippen LogP contribution in [-0.2, 0) is 17.7 Å². The Bertz CT molecular complexity index is 568. The maximum absolute atomic E-state index is 5.98. The number of nitrogens with zero attached hydrogens (tertiary/aromatic N) is 2. The van der Waals surface area contributed by atoms with Crippen molar-refractivity contribution in [2.75, 3.05) is 13.2 Å². The molecule has 1 saturated heterocycles. The minimum Gasteiger partial charge on any atom is -0.472 e. The Labute approximate surface area is 131 Å². The van der Waals surface area contributed by atoms with E-state index in [1.165, 1.54) is 11.1 Å². The van der Waals surface area contributed by atoms with Crippen LogP contribution in [0.2, 0.25) is 0 Å². The van der Waals surface area contributed by atoms with Crippen molar-refractivity contribution < 1.29 is 9.15 Å². The second-order valence-electron chi connectivity index (χ2n) is 5.68. The highest BCUT2D eigenvalue weighted by Crippen LogP contribution is 2.26. The quantitative estimate of drug-likeness (QED) is 0.736. The number of pyridine rings is 1. The van der Waals surface area contributed by atoms with Crippen LogP contribution in [-0.4, -0.2) is 35.2 Å². The van der Waals surface area contributed by atoms with Crippen molar-refractivity contribution in [3.8, 4) is 0 Å². The average molecular weight is 298 g/mol. The predicted octanol–water partition coefficient (Wildman–Crippen LogP) is 3.06. The Kier molecular flexibility index (Phi) is 5.03. The average Bonchev–Trinajstić information content (AvgIpc) is 3.18. The van der Waals surface area contributed by atoms with Crippen molar-refractivity contribution in [3.05, 3.63) is 66.9 Å². The molecule has 0 spiro atoms.